The van der Waals surface area contributed by atoms with Gasteiger partial charge in [-0.1, -0.05) is 48.5 Å². The topological polar surface area (TPSA) is 29.5 Å². The summed E-state index contributed by atoms with van der Waals surface area (Å²) in [6, 6.07) is 17.4. The number of benzene rings is 2. The fourth-order valence-corrected chi connectivity index (χ4v) is 2.71. The van der Waals surface area contributed by atoms with E-state index in [1.807, 2.05) is 68.4 Å². The lowest BCUT2D eigenvalue weighted by Crippen LogP contribution is -2.47. The third-order valence-corrected chi connectivity index (χ3v) is 3.70. The molecule has 2 nitrogen and oxygen atoms in total. The van der Waals surface area contributed by atoms with Gasteiger partial charge in [0, 0.05) is 5.56 Å². The Labute approximate surface area is 107 Å². The Morgan fingerprint density at radius 2 is 1.50 bits per heavy atom. The lowest BCUT2D eigenvalue weighted by atomic mass is 9.76. The van der Waals surface area contributed by atoms with Crippen molar-refractivity contribution in [1.82, 2.24) is 0 Å². The average molecular weight is 240 g/mol. The molecule has 0 saturated carbocycles. The van der Waals surface area contributed by atoms with Gasteiger partial charge in [-0.05, 0) is 25.5 Å². The Morgan fingerprint density at radius 3 is 2.22 bits per heavy atom. The molecule has 1 aliphatic rings. The van der Waals surface area contributed by atoms with Crippen molar-refractivity contribution in [3.63, 3.8) is 0 Å². The number of rotatable bonds is 1. The number of hydrogen-bond donors (Lipinski definition) is 1. The number of ether oxygens (including phenoxy) is 1. The molecule has 1 aliphatic heterocycles. The second-order valence-corrected chi connectivity index (χ2v) is 5.18. The fraction of sp³-hybridized carbons (Fsp3) is 0.250. The van der Waals surface area contributed by atoms with Crippen LogP contribution < -0.4 is 4.74 Å². The molecular weight excluding hydrogens is 224 g/mol. The molecule has 0 amide bonds. The highest BCUT2D eigenvalue weighted by Gasteiger charge is 2.54. The predicted octanol–water partition coefficient (Wildman–Crippen LogP) is 3.09. The van der Waals surface area contributed by atoms with Gasteiger partial charge in [0.1, 0.15) is 11.4 Å². The molecule has 2 aromatic carbocycles. The maximum absolute atomic E-state index is 11.2. The van der Waals surface area contributed by atoms with Crippen LogP contribution in [-0.4, -0.2) is 10.7 Å². The quantitative estimate of drug-likeness (QED) is 0.830. The van der Waals surface area contributed by atoms with Gasteiger partial charge in [0.05, 0.1) is 0 Å². The average Bonchev–Trinajstić information content (AvgIpc) is 2.59. The summed E-state index contributed by atoms with van der Waals surface area (Å²) in [5.74, 6) is 0.758. The molecule has 0 aromatic heterocycles. The van der Waals surface area contributed by atoms with Crippen LogP contribution in [0.4, 0.5) is 0 Å². The first-order valence-corrected chi connectivity index (χ1v) is 6.12. The minimum absolute atomic E-state index is 0.682. The van der Waals surface area contributed by atoms with Crippen molar-refractivity contribution in [2.75, 3.05) is 0 Å². The van der Waals surface area contributed by atoms with Gasteiger partial charge in [0.2, 0.25) is 0 Å². The first-order chi connectivity index (χ1) is 8.56. The lowest BCUT2D eigenvalue weighted by Gasteiger charge is -2.35. The van der Waals surface area contributed by atoms with Gasteiger partial charge in [-0.15, -0.1) is 0 Å². The summed E-state index contributed by atoms with van der Waals surface area (Å²) in [6.45, 7) is 3.83. The highest BCUT2D eigenvalue weighted by molar-refractivity contribution is 5.51. The normalized spacial score (nSPS) is 24.4. The van der Waals surface area contributed by atoms with Gasteiger partial charge in [-0.3, -0.25) is 0 Å². The van der Waals surface area contributed by atoms with Crippen LogP contribution in [0.5, 0.6) is 5.75 Å². The van der Waals surface area contributed by atoms with E-state index in [-0.39, 0.29) is 0 Å². The molecule has 0 bridgehead atoms. The minimum atomic E-state index is -1.11. The van der Waals surface area contributed by atoms with Crippen LogP contribution in [0.15, 0.2) is 54.6 Å². The molecule has 92 valence electrons. The van der Waals surface area contributed by atoms with Crippen LogP contribution in [0, 0.1) is 0 Å². The lowest BCUT2D eigenvalue weighted by molar-refractivity contribution is -0.0641. The second-order valence-electron chi connectivity index (χ2n) is 5.18. The maximum atomic E-state index is 11.2. The van der Waals surface area contributed by atoms with E-state index in [4.69, 9.17) is 4.74 Å². The molecule has 0 spiro atoms. The molecule has 0 saturated heterocycles. The summed E-state index contributed by atoms with van der Waals surface area (Å²) in [4.78, 5) is 0. The Balaban J connectivity index is 2.26. The third kappa shape index (κ3) is 1.33. The molecule has 1 heterocycles. The van der Waals surface area contributed by atoms with Crippen LogP contribution in [0.1, 0.15) is 25.0 Å². The third-order valence-electron chi connectivity index (χ3n) is 3.70. The first-order valence-electron chi connectivity index (χ1n) is 6.12. The number of aliphatic hydroxyl groups is 1. The van der Waals surface area contributed by atoms with Gasteiger partial charge in [0.15, 0.2) is 5.60 Å². The predicted molar refractivity (Wildman–Crippen MR) is 70.6 cm³/mol. The van der Waals surface area contributed by atoms with E-state index >= 15 is 0 Å². The van der Waals surface area contributed by atoms with E-state index in [0.717, 1.165) is 16.9 Å². The summed E-state index contributed by atoms with van der Waals surface area (Å²) in [5, 5.41) is 11.2. The Hall–Kier alpha value is -1.80. The van der Waals surface area contributed by atoms with Crippen molar-refractivity contribution >= 4 is 0 Å². The van der Waals surface area contributed by atoms with E-state index < -0.39 is 11.2 Å². The van der Waals surface area contributed by atoms with Crippen LogP contribution in [0.2, 0.25) is 0 Å². The molecule has 0 fully saturated rings. The maximum Gasteiger partial charge on any atom is 0.157 e. The van der Waals surface area contributed by atoms with E-state index in [1.54, 1.807) is 0 Å². The molecule has 1 atom stereocenters. The molecule has 2 heteroatoms. The van der Waals surface area contributed by atoms with E-state index in [9.17, 15) is 5.11 Å². The van der Waals surface area contributed by atoms with Crippen LogP contribution >= 0.6 is 0 Å². The summed E-state index contributed by atoms with van der Waals surface area (Å²) < 4.78 is 5.91. The Bertz CT molecular complexity index is 575. The zero-order valence-electron chi connectivity index (χ0n) is 10.6. The van der Waals surface area contributed by atoms with Crippen molar-refractivity contribution in [3.05, 3.63) is 65.7 Å². The molecular formula is C16H16O2. The van der Waals surface area contributed by atoms with Gasteiger partial charge in [-0.2, -0.15) is 0 Å². The van der Waals surface area contributed by atoms with Crippen LogP contribution in [0.3, 0.4) is 0 Å². The van der Waals surface area contributed by atoms with Crippen molar-refractivity contribution < 1.29 is 9.84 Å². The van der Waals surface area contributed by atoms with Crippen molar-refractivity contribution in [2.24, 2.45) is 0 Å². The van der Waals surface area contributed by atoms with E-state index in [2.05, 4.69) is 0 Å². The van der Waals surface area contributed by atoms with Crippen LogP contribution in [-0.2, 0) is 5.60 Å². The smallest absolute Gasteiger partial charge is 0.157 e. The summed E-state index contributed by atoms with van der Waals surface area (Å²) in [7, 11) is 0. The molecule has 0 aliphatic carbocycles. The highest BCUT2D eigenvalue weighted by Crippen LogP contribution is 2.50. The standard InChI is InChI=1S/C16H16O2/c1-15(2)16(17,12-8-4-3-5-9-12)13-10-6-7-11-14(13)18-15/h3-11,17H,1-2H3. The fourth-order valence-electron chi connectivity index (χ4n) is 2.71. The highest BCUT2D eigenvalue weighted by atomic mass is 16.5. The van der Waals surface area contributed by atoms with E-state index in [0.29, 0.717) is 0 Å². The number of para-hydroxylation sites is 1. The minimum Gasteiger partial charge on any atom is -0.484 e. The zero-order valence-corrected chi connectivity index (χ0v) is 10.6. The monoisotopic (exact) mass is 240 g/mol. The van der Waals surface area contributed by atoms with Gasteiger partial charge < -0.3 is 9.84 Å². The Morgan fingerprint density at radius 1 is 0.889 bits per heavy atom. The van der Waals surface area contributed by atoms with Crippen molar-refractivity contribution in [2.45, 2.75) is 25.0 Å². The second kappa shape index (κ2) is 3.59. The first kappa shape index (κ1) is 11.3. The molecule has 1 unspecified atom stereocenters. The van der Waals surface area contributed by atoms with Crippen molar-refractivity contribution in [3.8, 4) is 5.75 Å². The molecule has 2 aromatic rings. The van der Waals surface area contributed by atoms with E-state index in [1.165, 1.54) is 0 Å². The molecule has 0 radical (unpaired) electrons. The number of fused-ring (bicyclic) bond motifs is 1. The van der Waals surface area contributed by atoms with Gasteiger partial charge in [-0.25, -0.2) is 0 Å². The largest absolute Gasteiger partial charge is 0.484 e. The molecule has 18 heavy (non-hydrogen) atoms. The van der Waals surface area contributed by atoms with Crippen LogP contribution in [0.25, 0.3) is 0 Å². The van der Waals surface area contributed by atoms with Gasteiger partial charge >= 0.3 is 0 Å². The van der Waals surface area contributed by atoms with Gasteiger partial charge in [0.25, 0.3) is 0 Å². The summed E-state index contributed by atoms with van der Waals surface area (Å²) in [5.41, 5.74) is -0.0933. The SMILES string of the molecule is CC1(C)Oc2ccccc2C1(O)c1ccccc1. The Kier molecular flexibility index (Phi) is 2.26. The zero-order chi connectivity index (χ0) is 12.8. The summed E-state index contributed by atoms with van der Waals surface area (Å²) in [6.07, 6.45) is 0. The number of hydrogen-bond acceptors (Lipinski definition) is 2. The van der Waals surface area contributed by atoms with Crippen molar-refractivity contribution in [1.29, 1.82) is 0 Å². The molecule has 3 rings (SSSR count). The molecule has 1 N–H and O–H groups in total. The summed E-state index contributed by atoms with van der Waals surface area (Å²) >= 11 is 0.